The number of aromatic nitrogens is 3. The fourth-order valence-electron chi connectivity index (χ4n) is 2.34. The Morgan fingerprint density at radius 1 is 1.38 bits per heavy atom. The summed E-state index contributed by atoms with van der Waals surface area (Å²) in [5.41, 5.74) is 1.50. The van der Waals surface area contributed by atoms with Crippen LogP contribution in [-0.4, -0.2) is 50.3 Å². The molecule has 0 spiro atoms. The van der Waals surface area contributed by atoms with Gasteiger partial charge in [-0.15, -0.1) is 0 Å². The van der Waals surface area contributed by atoms with E-state index in [1.165, 1.54) is 0 Å². The zero-order chi connectivity index (χ0) is 14.8. The van der Waals surface area contributed by atoms with E-state index in [4.69, 9.17) is 5.11 Å². The van der Waals surface area contributed by atoms with Gasteiger partial charge >= 0.3 is 0 Å². The number of carbonyl (C=O) groups is 1. The highest BCUT2D eigenvalue weighted by Crippen LogP contribution is 2.28. The minimum atomic E-state index is -0.0238. The summed E-state index contributed by atoms with van der Waals surface area (Å²) in [6.07, 6.45) is 2.06. The Bertz CT molecular complexity index is 631. The molecule has 1 aliphatic rings. The Morgan fingerprint density at radius 3 is 2.62 bits per heavy atom. The van der Waals surface area contributed by atoms with Gasteiger partial charge in [0.2, 0.25) is 0 Å². The number of aliphatic hydroxyl groups excluding tert-OH is 1. The molecule has 1 fully saturated rings. The molecule has 1 amide bonds. The molecule has 0 saturated heterocycles. The highest BCUT2D eigenvalue weighted by atomic mass is 16.3. The molecule has 21 heavy (non-hydrogen) atoms. The van der Waals surface area contributed by atoms with Crippen molar-refractivity contribution in [2.45, 2.75) is 25.8 Å². The van der Waals surface area contributed by atoms with Crippen LogP contribution >= 0.6 is 0 Å². The highest BCUT2D eigenvalue weighted by Gasteiger charge is 2.32. The second-order valence-corrected chi connectivity index (χ2v) is 5.28. The topological polar surface area (TPSA) is 82.1 Å². The Hall–Kier alpha value is -2.21. The van der Waals surface area contributed by atoms with Gasteiger partial charge in [-0.25, -0.2) is 4.98 Å². The van der Waals surface area contributed by atoms with E-state index in [9.17, 15) is 4.79 Å². The van der Waals surface area contributed by atoms with Crippen molar-refractivity contribution in [2.75, 3.05) is 13.2 Å². The number of nitrogens with zero attached hydrogens (tertiary/aromatic N) is 3. The maximum absolute atomic E-state index is 12.4. The number of aliphatic hydroxyl groups is 1. The van der Waals surface area contributed by atoms with Gasteiger partial charge < -0.3 is 10.0 Å². The van der Waals surface area contributed by atoms with E-state index in [0.717, 1.165) is 24.2 Å². The van der Waals surface area contributed by atoms with Crippen LogP contribution in [0.5, 0.6) is 0 Å². The van der Waals surface area contributed by atoms with E-state index >= 15 is 0 Å². The molecular weight excluding hydrogens is 268 g/mol. The van der Waals surface area contributed by atoms with Gasteiger partial charge in [-0.05, 0) is 31.9 Å². The van der Waals surface area contributed by atoms with E-state index in [0.29, 0.717) is 24.0 Å². The Balaban J connectivity index is 1.78. The lowest BCUT2D eigenvalue weighted by Gasteiger charge is -2.21. The second-order valence-electron chi connectivity index (χ2n) is 5.28. The molecule has 110 valence electrons. The normalized spacial score (nSPS) is 14.2. The zero-order valence-corrected chi connectivity index (χ0v) is 11.9. The summed E-state index contributed by atoms with van der Waals surface area (Å²) in [5, 5.41) is 16.0. The smallest absolute Gasteiger partial charge is 0.254 e. The molecule has 2 N–H and O–H groups in total. The summed E-state index contributed by atoms with van der Waals surface area (Å²) in [5.74, 6) is 1.36. The number of nitrogens with one attached hydrogen (secondary N) is 1. The van der Waals surface area contributed by atoms with Crippen LogP contribution in [0.3, 0.4) is 0 Å². The predicted molar refractivity (Wildman–Crippen MR) is 77.7 cm³/mol. The maximum Gasteiger partial charge on any atom is 0.254 e. The lowest BCUT2D eigenvalue weighted by molar-refractivity contribution is 0.0707. The van der Waals surface area contributed by atoms with Crippen LogP contribution < -0.4 is 0 Å². The van der Waals surface area contributed by atoms with Crippen LogP contribution in [0.15, 0.2) is 24.3 Å². The van der Waals surface area contributed by atoms with Gasteiger partial charge in [-0.2, -0.15) is 5.10 Å². The van der Waals surface area contributed by atoms with Crippen molar-refractivity contribution in [1.82, 2.24) is 20.1 Å². The molecule has 1 aromatic heterocycles. The largest absolute Gasteiger partial charge is 0.395 e. The molecule has 0 aliphatic heterocycles. The van der Waals surface area contributed by atoms with Gasteiger partial charge in [0.25, 0.3) is 5.91 Å². The van der Waals surface area contributed by atoms with Crippen LogP contribution in [-0.2, 0) is 0 Å². The molecule has 0 unspecified atom stereocenters. The number of carbonyl (C=O) groups excluding carboxylic acids is 1. The number of benzene rings is 1. The van der Waals surface area contributed by atoms with E-state index in [1.54, 1.807) is 17.0 Å². The van der Waals surface area contributed by atoms with Crippen molar-refractivity contribution in [2.24, 2.45) is 0 Å². The Morgan fingerprint density at radius 2 is 2.10 bits per heavy atom. The fraction of sp³-hybridized carbons (Fsp3) is 0.400. The van der Waals surface area contributed by atoms with Gasteiger partial charge in [0, 0.05) is 23.7 Å². The number of amides is 1. The monoisotopic (exact) mass is 286 g/mol. The van der Waals surface area contributed by atoms with E-state index < -0.39 is 0 Å². The van der Waals surface area contributed by atoms with Crippen molar-refractivity contribution in [3.63, 3.8) is 0 Å². The molecule has 6 heteroatoms. The van der Waals surface area contributed by atoms with Crippen molar-refractivity contribution < 1.29 is 9.90 Å². The summed E-state index contributed by atoms with van der Waals surface area (Å²) in [6.45, 7) is 2.24. The van der Waals surface area contributed by atoms with Gasteiger partial charge in [0.1, 0.15) is 5.82 Å². The lowest BCUT2D eigenvalue weighted by Crippen LogP contribution is -2.35. The average Bonchev–Trinajstić information content (AvgIpc) is 3.25. The number of hydrogen-bond donors (Lipinski definition) is 2. The van der Waals surface area contributed by atoms with Gasteiger partial charge in [-0.1, -0.05) is 12.1 Å². The molecule has 1 saturated carbocycles. The first-order valence-corrected chi connectivity index (χ1v) is 7.10. The van der Waals surface area contributed by atoms with Gasteiger partial charge in [-0.3, -0.25) is 9.89 Å². The van der Waals surface area contributed by atoms with Crippen molar-refractivity contribution >= 4 is 5.91 Å². The summed E-state index contributed by atoms with van der Waals surface area (Å²) in [6, 6.07) is 7.56. The Kier molecular flexibility index (Phi) is 3.70. The SMILES string of the molecule is Cc1nc(-c2ccc(C(=O)N(CCO)C3CC3)cc2)n[nH]1. The number of rotatable bonds is 5. The predicted octanol–water partition coefficient (Wildman–Crippen LogP) is 1.38. The molecule has 0 atom stereocenters. The van der Waals surface area contributed by atoms with Crippen molar-refractivity contribution in [1.29, 1.82) is 0 Å². The summed E-state index contributed by atoms with van der Waals surface area (Å²) in [4.78, 5) is 18.5. The van der Waals surface area contributed by atoms with Crippen LogP contribution in [0, 0.1) is 6.92 Å². The third kappa shape index (κ3) is 2.95. The number of hydrogen-bond acceptors (Lipinski definition) is 4. The maximum atomic E-state index is 12.4. The van der Waals surface area contributed by atoms with Crippen LogP contribution in [0.4, 0.5) is 0 Å². The van der Waals surface area contributed by atoms with Crippen molar-refractivity contribution in [3.8, 4) is 11.4 Å². The van der Waals surface area contributed by atoms with E-state index in [-0.39, 0.29) is 12.5 Å². The summed E-state index contributed by atoms with van der Waals surface area (Å²) >= 11 is 0. The molecule has 0 bridgehead atoms. The van der Waals surface area contributed by atoms with Crippen LogP contribution in [0.1, 0.15) is 29.0 Å². The average molecular weight is 286 g/mol. The van der Waals surface area contributed by atoms with Crippen LogP contribution in [0.2, 0.25) is 0 Å². The van der Waals surface area contributed by atoms with E-state index in [2.05, 4.69) is 15.2 Å². The standard InChI is InChI=1S/C15H18N4O2/c1-10-16-14(18-17-10)11-2-4-12(5-3-11)15(21)19(8-9-20)13-6-7-13/h2-5,13,20H,6-9H2,1H3,(H,16,17,18). The molecule has 6 nitrogen and oxygen atoms in total. The molecule has 3 rings (SSSR count). The first-order valence-electron chi connectivity index (χ1n) is 7.10. The van der Waals surface area contributed by atoms with E-state index in [1.807, 2.05) is 19.1 Å². The third-order valence-corrected chi connectivity index (χ3v) is 3.58. The second kappa shape index (κ2) is 5.65. The van der Waals surface area contributed by atoms with Gasteiger partial charge in [0.05, 0.1) is 6.61 Å². The summed E-state index contributed by atoms with van der Waals surface area (Å²) < 4.78 is 0. The molecule has 2 aromatic rings. The van der Waals surface area contributed by atoms with Crippen LogP contribution in [0.25, 0.3) is 11.4 Å². The zero-order valence-electron chi connectivity index (χ0n) is 11.9. The quantitative estimate of drug-likeness (QED) is 0.870. The van der Waals surface area contributed by atoms with Crippen molar-refractivity contribution in [3.05, 3.63) is 35.7 Å². The first-order chi connectivity index (χ1) is 10.2. The molecular formula is C15H18N4O2. The van der Waals surface area contributed by atoms with Gasteiger partial charge in [0.15, 0.2) is 5.82 Å². The summed E-state index contributed by atoms with van der Waals surface area (Å²) in [7, 11) is 0. The minimum absolute atomic E-state index is 0.00318. The lowest BCUT2D eigenvalue weighted by atomic mass is 10.1. The first kappa shape index (κ1) is 13.8. The molecule has 1 aliphatic carbocycles. The third-order valence-electron chi connectivity index (χ3n) is 3.58. The fourth-order valence-corrected chi connectivity index (χ4v) is 2.34. The molecule has 1 aromatic carbocycles. The number of aryl methyl sites for hydroxylation is 1. The number of aromatic amines is 1. The molecule has 1 heterocycles. The highest BCUT2D eigenvalue weighted by molar-refractivity contribution is 5.95. The number of H-pyrrole nitrogens is 1. The Labute approximate surface area is 122 Å². The molecule has 0 radical (unpaired) electrons. The minimum Gasteiger partial charge on any atom is -0.395 e.